The van der Waals surface area contributed by atoms with Gasteiger partial charge in [0.2, 0.25) is 0 Å². The minimum Gasteiger partial charge on any atom is -0.487 e. The summed E-state index contributed by atoms with van der Waals surface area (Å²) in [5.74, 6) is 2.34. The van der Waals surface area contributed by atoms with E-state index in [-0.39, 0.29) is 11.7 Å². The highest BCUT2D eigenvalue weighted by atomic mass is 16.5. The molecule has 1 aromatic rings. The predicted molar refractivity (Wildman–Crippen MR) is 76.3 cm³/mol. The molecule has 1 heterocycles. The Bertz CT molecular complexity index is 482. The van der Waals surface area contributed by atoms with E-state index in [9.17, 15) is 5.11 Å². The van der Waals surface area contributed by atoms with Crippen molar-refractivity contribution < 1.29 is 9.84 Å². The van der Waals surface area contributed by atoms with Crippen molar-refractivity contribution in [1.82, 2.24) is 0 Å². The van der Waals surface area contributed by atoms with Crippen LogP contribution < -0.4 is 4.74 Å². The molecular formula is C17H24O2. The average molecular weight is 260 g/mol. The minimum atomic E-state index is -0.371. The fourth-order valence-corrected chi connectivity index (χ4v) is 3.70. The van der Waals surface area contributed by atoms with Crippen LogP contribution in [-0.2, 0) is 0 Å². The monoisotopic (exact) mass is 260 g/mol. The zero-order chi connectivity index (χ0) is 13.6. The Hall–Kier alpha value is -1.02. The van der Waals surface area contributed by atoms with E-state index in [0.717, 1.165) is 36.5 Å². The summed E-state index contributed by atoms with van der Waals surface area (Å²) in [5.41, 5.74) is 2.02. The Morgan fingerprint density at radius 2 is 2.00 bits per heavy atom. The van der Waals surface area contributed by atoms with E-state index in [1.165, 1.54) is 12.0 Å². The number of benzene rings is 1. The molecule has 0 radical (unpaired) electrons. The smallest absolute Gasteiger partial charge is 0.125 e. The summed E-state index contributed by atoms with van der Waals surface area (Å²) in [6.07, 6.45) is 3.72. The molecule has 1 aromatic carbocycles. The van der Waals surface area contributed by atoms with E-state index in [4.69, 9.17) is 4.74 Å². The fraction of sp³-hybridized carbons (Fsp3) is 0.647. The van der Waals surface area contributed by atoms with Crippen molar-refractivity contribution in [1.29, 1.82) is 0 Å². The third-order valence-corrected chi connectivity index (χ3v) is 5.14. The van der Waals surface area contributed by atoms with Crippen LogP contribution in [0.25, 0.3) is 0 Å². The van der Waals surface area contributed by atoms with Crippen LogP contribution in [0.3, 0.4) is 0 Å². The number of hydrogen-bond acceptors (Lipinski definition) is 2. The zero-order valence-corrected chi connectivity index (χ0v) is 12.1. The van der Waals surface area contributed by atoms with Crippen LogP contribution in [0, 0.1) is 18.8 Å². The molecule has 0 amide bonds. The van der Waals surface area contributed by atoms with Crippen molar-refractivity contribution in [2.45, 2.75) is 58.2 Å². The molecule has 19 heavy (non-hydrogen) atoms. The topological polar surface area (TPSA) is 29.5 Å². The van der Waals surface area contributed by atoms with Gasteiger partial charge in [0, 0.05) is 12.0 Å². The molecule has 1 aliphatic heterocycles. The Kier molecular flexibility index (Phi) is 3.09. The molecule has 1 N–H and O–H groups in total. The van der Waals surface area contributed by atoms with Gasteiger partial charge in [0.25, 0.3) is 0 Å². The van der Waals surface area contributed by atoms with E-state index in [0.29, 0.717) is 5.92 Å². The summed E-state index contributed by atoms with van der Waals surface area (Å²) in [4.78, 5) is 0. The lowest BCUT2D eigenvalue weighted by molar-refractivity contribution is -0.0602. The van der Waals surface area contributed by atoms with Crippen LogP contribution in [0.5, 0.6) is 5.75 Å². The van der Waals surface area contributed by atoms with Crippen LogP contribution in [0.2, 0.25) is 0 Å². The minimum absolute atomic E-state index is 0.131. The van der Waals surface area contributed by atoms with E-state index in [1.807, 2.05) is 6.07 Å². The molecule has 0 saturated heterocycles. The maximum absolute atomic E-state index is 10.5. The van der Waals surface area contributed by atoms with Crippen LogP contribution in [0.1, 0.15) is 56.8 Å². The molecule has 4 unspecified atom stereocenters. The third-order valence-electron chi connectivity index (χ3n) is 5.14. The third kappa shape index (κ3) is 2.27. The first-order valence-electron chi connectivity index (χ1n) is 7.47. The van der Waals surface area contributed by atoms with Crippen LogP contribution in [-0.4, -0.2) is 10.7 Å². The van der Waals surface area contributed by atoms with Gasteiger partial charge in [0.05, 0.1) is 6.10 Å². The lowest BCUT2D eigenvalue weighted by atomic mass is 9.69. The lowest BCUT2D eigenvalue weighted by Crippen LogP contribution is -2.46. The van der Waals surface area contributed by atoms with Crippen molar-refractivity contribution in [3.8, 4) is 5.75 Å². The van der Waals surface area contributed by atoms with Crippen molar-refractivity contribution in [2.75, 3.05) is 0 Å². The maximum Gasteiger partial charge on any atom is 0.125 e. The van der Waals surface area contributed by atoms with Gasteiger partial charge < -0.3 is 9.84 Å². The van der Waals surface area contributed by atoms with Crippen molar-refractivity contribution in [3.05, 3.63) is 29.3 Å². The predicted octanol–water partition coefficient (Wildman–Crippen LogP) is 4.01. The molecule has 1 fully saturated rings. The molecule has 0 bridgehead atoms. The standard InChI is InChI=1S/C17H24O2/c1-11-4-5-16-14(8-11)15(18)10-17(19-16)7-6-12(2)13(3)9-17/h4-5,8,12-13,15,18H,6-7,9-10H2,1-3H3. The maximum atomic E-state index is 10.5. The van der Waals surface area contributed by atoms with Gasteiger partial charge >= 0.3 is 0 Å². The number of aliphatic hydroxyl groups excluding tert-OH is 1. The molecule has 2 aliphatic rings. The van der Waals surface area contributed by atoms with Gasteiger partial charge in [-0.2, -0.15) is 0 Å². The molecule has 0 aromatic heterocycles. The fourth-order valence-electron chi connectivity index (χ4n) is 3.70. The van der Waals surface area contributed by atoms with E-state index in [1.54, 1.807) is 0 Å². The van der Waals surface area contributed by atoms with E-state index in [2.05, 4.69) is 32.9 Å². The highest BCUT2D eigenvalue weighted by molar-refractivity contribution is 5.41. The van der Waals surface area contributed by atoms with Gasteiger partial charge in [-0.3, -0.25) is 0 Å². The van der Waals surface area contributed by atoms with Crippen molar-refractivity contribution in [3.63, 3.8) is 0 Å². The summed E-state index contributed by atoms with van der Waals surface area (Å²) in [7, 11) is 0. The number of aryl methyl sites for hydroxylation is 1. The number of rotatable bonds is 0. The van der Waals surface area contributed by atoms with Gasteiger partial charge in [-0.15, -0.1) is 0 Å². The van der Waals surface area contributed by atoms with Gasteiger partial charge in [0.1, 0.15) is 11.4 Å². The first kappa shape index (κ1) is 13.0. The average Bonchev–Trinajstić information content (AvgIpc) is 2.36. The zero-order valence-electron chi connectivity index (χ0n) is 12.1. The first-order valence-corrected chi connectivity index (χ1v) is 7.47. The number of ether oxygens (including phenoxy) is 1. The Morgan fingerprint density at radius 3 is 2.74 bits per heavy atom. The number of aliphatic hydroxyl groups is 1. The number of hydrogen-bond donors (Lipinski definition) is 1. The van der Waals surface area contributed by atoms with Gasteiger partial charge in [-0.25, -0.2) is 0 Å². The van der Waals surface area contributed by atoms with E-state index >= 15 is 0 Å². The molecule has 4 atom stereocenters. The van der Waals surface area contributed by atoms with E-state index < -0.39 is 0 Å². The normalized spacial score (nSPS) is 37.8. The second-order valence-corrected chi connectivity index (χ2v) is 6.74. The van der Waals surface area contributed by atoms with Crippen molar-refractivity contribution >= 4 is 0 Å². The highest BCUT2D eigenvalue weighted by Gasteiger charge is 2.44. The first-order chi connectivity index (χ1) is 8.99. The molecule has 104 valence electrons. The SMILES string of the molecule is Cc1ccc2c(c1)C(O)CC1(CCC(C)C(C)C1)O2. The molecule has 2 heteroatoms. The summed E-state index contributed by atoms with van der Waals surface area (Å²) in [5, 5.41) is 10.5. The second kappa shape index (κ2) is 4.52. The summed E-state index contributed by atoms with van der Waals surface area (Å²) < 4.78 is 6.34. The molecule has 1 spiro atoms. The molecule has 1 aliphatic carbocycles. The summed E-state index contributed by atoms with van der Waals surface area (Å²) in [6.45, 7) is 6.70. The highest BCUT2D eigenvalue weighted by Crippen LogP contribution is 2.48. The largest absolute Gasteiger partial charge is 0.487 e. The summed E-state index contributed by atoms with van der Waals surface area (Å²) >= 11 is 0. The van der Waals surface area contributed by atoms with Gasteiger partial charge in [-0.05, 0) is 50.2 Å². The van der Waals surface area contributed by atoms with Gasteiger partial charge in [-0.1, -0.05) is 25.5 Å². The summed E-state index contributed by atoms with van der Waals surface area (Å²) in [6, 6.07) is 6.15. The Balaban J connectivity index is 1.90. The van der Waals surface area contributed by atoms with Gasteiger partial charge in [0.15, 0.2) is 0 Å². The van der Waals surface area contributed by atoms with Crippen molar-refractivity contribution in [2.24, 2.45) is 11.8 Å². The number of fused-ring (bicyclic) bond motifs is 1. The second-order valence-electron chi connectivity index (χ2n) is 6.74. The lowest BCUT2D eigenvalue weighted by Gasteiger charge is -2.47. The molecule has 3 rings (SSSR count). The van der Waals surface area contributed by atoms with Crippen LogP contribution in [0.4, 0.5) is 0 Å². The molecule has 1 saturated carbocycles. The van der Waals surface area contributed by atoms with Crippen LogP contribution in [0.15, 0.2) is 18.2 Å². The molecule has 2 nitrogen and oxygen atoms in total. The van der Waals surface area contributed by atoms with Crippen LogP contribution >= 0.6 is 0 Å². The Morgan fingerprint density at radius 1 is 1.21 bits per heavy atom. The Labute approximate surface area is 115 Å². The molecular weight excluding hydrogens is 236 g/mol. The quantitative estimate of drug-likeness (QED) is 0.764.